The normalized spacial score (nSPS) is 11.0. The number of ether oxygens (including phenoxy) is 2. The van der Waals surface area contributed by atoms with E-state index in [1.807, 2.05) is 36.4 Å². The van der Waals surface area contributed by atoms with Crippen LogP contribution in [-0.4, -0.2) is 30.5 Å². The zero-order valence-electron chi connectivity index (χ0n) is 15.3. The van der Waals surface area contributed by atoms with Gasteiger partial charge in [-0.2, -0.15) is 0 Å². The Morgan fingerprint density at radius 2 is 1.93 bits per heavy atom. The molecule has 0 spiro atoms. The molecule has 0 amide bonds. The van der Waals surface area contributed by atoms with Crippen molar-refractivity contribution in [1.82, 2.24) is 4.98 Å². The summed E-state index contributed by atoms with van der Waals surface area (Å²) < 4.78 is 10.3. The second-order valence-corrected chi connectivity index (χ2v) is 6.00. The van der Waals surface area contributed by atoms with E-state index < -0.39 is 5.97 Å². The fourth-order valence-corrected chi connectivity index (χ4v) is 2.97. The Hall–Kier alpha value is -3.34. The zero-order chi connectivity index (χ0) is 19.2. The number of esters is 1. The number of ketones is 1. The Labute approximate surface area is 157 Å². The van der Waals surface area contributed by atoms with Crippen LogP contribution in [0.15, 0.2) is 54.7 Å². The van der Waals surface area contributed by atoms with Crippen molar-refractivity contribution in [2.75, 3.05) is 13.7 Å². The van der Waals surface area contributed by atoms with Gasteiger partial charge in [0.2, 0.25) is 5.78 Å². The van der Waals surface area contributed by atoms with E-state index in [2.05, 4.69) is 11.9 Å². The highest BCUT2D eigenvalue weighted by atomic mass is 16.5. The lowest BCUT2D eigenvalue weighted by Crippen LogP contribution is -2.12. The minimum absolute atomic E-state index is 0.242. The predicted molar refractivity (Wildman–Crippen MR) is 105 cm³/mol. The van der Waals surface area contributed by atoms with Crippen molar-refractivity contribution < 1.29 is 19.1 Å². The number of carbonyl (C=O) groups is 2. The second kappa shape index (κ2) is 8.36. The van der Waals surface area contributed by atoms with E-state index in [0.29, 0.717) is 11.3 Å². The van der Waals surface area contributed by atoms with Gasteiger partial charge in [0.15, 0.2) is 6.61 Å². The van der Waals surface area contributed by atoms with Gasteiger partial charge in [0.05, 0.1) is 7.11 Å². The number of hydrogen-bond donors (Lipinski definition) is 1. The fraction of sp³-hybridized carbons (Fsp3) is 0.182. The molecule has 0 aliphatic rings. The highest BCUT2D eigenvalue weighted by molar-refractivity contribution is 6.09. The van der Waals surface area contributed by atoms with Crippen LogP contribution in [0.2, 0.25) is 0 Å². The first-order valence-corrected chi connectivity index (χ1v) is 8.74. The first kappa shape index (κ1) is 18.5. The molecule has 5 nitrogen and oxygen atoms in total. The van der Waals surface area contributed by atoms with Crippen molar-refractivity contribution in [3.63, 3.8) is 0 Å². The summed E-state index contributed by atoms with van der Waals surface area (Å²) in [6, 6.07) is 13.2. The molecule has 1 N–H and O–H groups in total. The molecular formula is C22H21NO4. The molecular weight excluding hydrogens is 342 g/mol. The molecule has 2 aromatic carbocycles. The van der Waals surface area contributed by atoms with Crippen LogP contribution in [-0.2, 0) is 16.0 Å². The quantitative estimate of drug-likeness (QED) is 0.388. The van der Waals surface area contributed by atoms with Gasteiger partial charge in [-0.15, -0.1) is 0 Å². The number of para-hydroxylation sites is 2. The van der Waals surface area contributed by atoms with Gasteiger partial charge in [-0.25, -0.2) is 4.79 Å². The average molecular weight is 363 g/mol. The third-order valence-electron chi connectivity index (χ3n) is 4.37. The summed E-state index contributed by atoms with van der Waals surface area (Å²) in [5, 5.41) is 0.847. The van der Waals surface area contributed by atoms with Crippen molar-refractivity contribution >= 4 is 28.7 Å². The van der Waals surface area contributed by atoms with Gasteiger partial charge >= 0.3 is 5.97 Å². The zero-order valence-corrected chi connectivity index (χ0v) is 15.3. The fourth-order valence-electron chi connectivity index (χ4n) is 2.97. The van der Waals surface area contributed by atoms with Crippen molar-refractivity contribution in [2.45, 2.75) is 13.3 Å². The molecule has 0 aliphatic heterocycles. The second-order valence-electron chi connectivity index (χ2n) is 6.00. The van der Waals surface area contributed by atoms with Gasteiger partial charge in [0.1, 0.15) is 5.75 Å². The Morgan fingerprint density at radius 1 is 1.11 bits per heavy atom. The molecule has 138 valence electrons. The molecule has 3 rings (SSSR count). The van der Waals surface area contributed by atoms with Crippen LogP contribution in [0.4, 0.5) is 0 Å². The molecule has 27 heavy (non-hydrogen) atoms. The average Bonchev–Trinajstić information content (AvgIpc) is 3.15. The first-order chi connectivity index (χ1) is 13.1. The van der Waals surface area contributed by atoms with Crippen molar-refractivity contribution in [1.29, 1.82) is 0 Å². The summed E-state index contributed by atoms with van der Waals surface area (Å²) in [5.41, 5.74) is 3.38. The van der Waals surface area contributed by atoms with Gasteiger partial charge in [0.25, 0.3) is 0 Å². The molecule has 0 radical (unpaired) electrons. The number of benzene rings is 2. The summed E-state index contributed by atoms with van der Waals surface area (Å²) >= 11 is 0. The largest absolute Gasteiger partial charge is 0.496 e. The lowest BCUT2D eigenvalue weighted by molar-refractivity contribution is -0.136. The molecule has 0 aliphatic carbocycles. The third-order valence-corrected chi connectivity index (χ3v) is 4.37. The Bertz CT molecular complexity index is 1000. The first-order valence-electron chi connectivity index (χ1n) is 8.74. The molecule has 5 heteroatoms. The number of aromatic nitrogens is 1. The summed E-state index contributed by atoms with van der Waals surface area (Å²) in [4.78, 5) is 27.5. The van der Waals surface area contributed by atoms with Crippen molar-refractivity contribution in [3.05, 3.63) is 71.4 Å². The van der Waals surface area contributed by atoms with Crippen LogP contribution >= 0.6 is 0 Å². The molecule has 0 bridgehead atoms. The molecule has 0 fully saturated rings. The van der Waals surface area contributed by atoms with E-state index in [1.165, 1.54) is 6.08 Å². The number of rotatable bonds is 7. The number of methoxy groups -OCH3 is 1. The maximum atomic E-state index is 12.5. The maximum absolute atomic E-state index is 12.5. The minimum Gasteiger partial charge on any atom is -0.496 e. The summed E-state index contributed by atoms with van der Waals surface area (Å²) in [5.74, 6) is -0.167. The van der Waals surface area contributed by atoms with E-state index in [9.17, 15) is 9.59 Å². The highest BCUT2D eigenvalue weighted by Gasteiger charge is 2.15. The summed E-state index contributed by atoms with van der Waals surface area (Å²) in [7, 11) is 1.56. The topological polar surface area (TPSA) is 68.4 Å². The van der Waals surface area contributed by atoms with Crippen LogP contribution in [0, 0.1) is 0 Å². The van der Waals surface area contributed by atoms with Gasteiger partial charge in [-0.05, 0) is 24.1 Å². The number of Topliss-reactive ketones (excluding diaryl/α,β-unsaturated/α-hetero) is 1. The monoisotopic (exact) mass is 363 g/mol. The van der Waals surface area contributed by atoms with Crippen LogP contribution in [0.1, 0.15) is 28.4 Å². The Kier molecular flexibility index (Phi) is 5.71. The van der Waals surface area contributed by atoms with Gasteiger partial charge in [0, 0.05) is 34.3 Å². The predicted octanol–water partition coefficient (Wildman–Crippen LogP) is 4.18. The maximum Gasteiger partial charge on any atom is 0.331 e. The number of aryl methyl sites for hydroxylation is 1. The molecule has 0 saturated carbocycles. The number of H-pyrrole nitrogens is 1. The number of hydrogen-bond acceptors (Lipinski definition) is 4. The SMILES string of the molecule is CCc1cccc2c(C(=O)COC(=O)/C=C/c3ccccc3OC)c[nH]c12. The standard InChI is InChI=1S/C22H21NO4/c1-3-15-8-6-9-17-18(13-23-22(15)17)19(24)14-27-21(25)12-11-16-7-4-5-10-20(16)26-2/h4-13,23H,3,14H2,1-2H3/b12-11+. The lowest BCUT2D eigenvalue weighted by Gasteiger charge is -2.04. The smallest absolute Gasteiger partial charge is 0.331 e. The van der Waals surface area contributed by atoms with E-state index >= 15 is 0 Å². The van der Waals surface area contributed by atoms with Gasteiger partial charge < -0.3 is 14.5 Å². The lowest BCUT2D eigenvalue weighted by atomic mass is 10.1. The number of carbonyl (C=O) groups excluding carboxylic acids is 2. The molecule has 0 atom stereocenters. The van der Waals surface area contributed by atoms with Crippen LogP contribution in [0.3, 0.4) is 0 Å². The molecule has 0 unspecified atom stereocenters. The molecule has 1 aromatic heterocycles. The van der Waals surface area contributed by atoms with Gasteiger partial charge in [-0.1, -0.05) is 43.3 Å². The van der Waals surface area contributed by atoms with Crippen molar-refractivity contribution in [3.8, 4) is 5.75 Å². The third kappa shape index (κ3) is 4.08. The van der Waals surface area contributed by atoms with E-state index in [-0.39, 0.29) is 12.4 Å². The molecule has 3 aromatic rings. The van der Waals surface area contributed by atoms with Crippen LogP contribution < -0.4 is 4.74 Å². The van der Waals surface area contributed by atoms with E-state index in [1.54, 1.807) is 25.4 Å². The van der Waals surface area contributed by atoms with Crippen molar-refractivity contribution in [2.24, 2.45) is 0 Å². The summed E-state index contributed by atoms with van der Waals surface area (Å²) in [6.45, 7) is 1.76. The van der Waals surface area contributed by atoms with Crippen LogP contribution in [0.5, 0.6) is 5.75 Å². The van der Waals surface area contributed by atoms with E-state index in [4.69, 9.17) is 9.47 Å². The minimum atomic E-state index is -0.580. The van der Waals surface area contributed by atoms with Crippen LogP contribution in [0.25, 0.3) is 17.0 Å². The molecule has 0 saturated heterocycles. The number of nitrogens with one attached hydrogen (secondary N) is 1. The number of fused-ring (bicyclic) bond motifs is 1. The van der Waals surface area contributed by atoms with E-state index in [0.717, 1.165) is 28.5 Å². The Balaban J connectivity index is 1.65. The van der Waals surface area contributed by atoms with Gasteiger partial charge in [-0.3, -0.25) is 4.79 Å². The highest BCUT2D eigenvalue weighted by Crippen LogP contribution is 2.23. The number of aromatic amines is 1. The summed E-state index contributed by atoms with van der Waals surface area (Å²) in [6.07, 6.45) is 5.43. The molecule has 1 heterocycles. The Morgan fingerprint density at radius 3 is 2.70 bits per heavy atom.